The van der Waals surface area contributed by atoms with Crippen LogP contribution in [-0.4, -0.2) is 31.6 Å². The normalized spacial score (nSPS) is 13.9. The van der Waals surface area contributed by atoms with Gasteiger partial charge >= 0.3 is 0 Å². The van der Waals surface area contributed by atoms with Gasteiger partial charge in [-0.3, -0.25) is 9.59 Å². The summed E-state index contributed by atoms with van der Waals surface area (Å²) >= 11 is 0. The van der Waals surface area contributed by atoms with Crippen LogP contribution in [0.5, 0.6) is 5.75 Å². The number of anilines is 1. The van der Waals surface area contributed by atoms with E-state index in [4.69, 9.17) is 10.9 Å². The highest BCUT2D eigenvalue weighted by molar-refractivity contribution is 7.89. The molecule has 0 saturated carbocycles. The molecule has 0 aromatic heterocycles. The number of fused-ring (bicyclic) bond motifs is 1. The molecule has 0 heterocycles. The van der Waals surface area contributed by atoms with E-state index in [1.54, 1.807) is 12.1 Å². The van der Waals surface area contributed by atoms with E-state index in [0.717, 1.165) is 11.6 Å². The number of hydrogen-bond acceptors (Lipinski definition) is 7. The van der Waals surface area contributed by atoms with E-state index in [9.17, 15) is 23.1 Å². The van der Waals surface area contributed by atoms with Crippen LogP contribution < -0.4 is 16.2 Å². The van der Waals surface area contributed by atoms with Gasteiger partial charge in [-0.05, 0) is 36.7 Å². The molecular weight excluding hydrogens is 370 g/mol. The molecule has 140 valence electrons. The Bertz CT molecular complexity index is 1090. The zero-order valence-electron chi connectivity index (χ0n) is 14.1. The highest BCUT2D eigenvalue weighted by atomic mass is 32.2. The van der Waals surface area contributed by atoms with Crippen molar-refractivity contribution in [1.82, 2.24) is 0 Å². The number of sulfonamides is 1. The second-order valence-electron chi connectivity index (χ2n) is 6.03. The van der Waals surface area contributed by atoms with Gasteiger partial charge in [-0.25, -0.2) is 13.6 Å². The van der Waals surface area contributed by atoms with Gasteiger partial charge in [-0.1, -0.05) is 12.1 Å². The lowest BCUT2D eigenvalue weighted by Gasteiger charge is -2.19. The summed E-state index contributed by atoms with van der Waals surface area (Å²) in [5, 5.41) is 17.8. The van der Waals surface area contributed by atoms with E-state index in [1.165, 1.54) is 24.3 Å². The van der Waals surface area contributed by atoms with Gasteiger partial charge in [-0.15, -0.1) is 0 Å². The fraction of sp³-hybridized carbons (Fsp3) is 0.111. The maximum atomic E-state index is 12.7. The number of allylic oxidation sites excluding steroid dienone is 2. The van der Waals surface area contributed by atoms with Crippen LogP contribution in [0.3, 0.4) is 0 Å². The standard InChI is InChI=1S/C18H17N3O5S/c19-5-4-10-6-11(8-12(22)7-10)21-14-9-15(23)17-13(18(14)24)2-1-3-16(17)27(20,25)26/h1-3,6-9,21-22H,4-5,19H2,(H2,20,25,26). The largest absolute Gasteiger partial charge is 0.508 e. The number of primary sulfonamides is 1. The number of phenolic OH excluding ortho intramolecular Hbond substituents is 1. The Balaban J connectivity index is 2.01. The Kier molecular flexibility index (Phi) is 4.83. The molecule has 0 bridgehead atoms. The molecule has 1 aliphatic rings. The lowest BCUT2D eigenvalue weighted by Crippen LogP contribution is -2.25. The number of phenols is 1. The van der Waals surface area contributed by atoms with E-state index >= 15 is 0 Å². The summed E-state index contributed by atoms with van der Waals surface area (Å²) in [6.45, 7) is 0.382. The molecule has 0 saturated heterocycles. The Morgan fingerprint density at radius 1 is 1.11 bits per heavy atom. The first-order valence-corrected chi connectivity index (χ1v) is 9.52. The smallest absolute Gasteiger partial charge is 0.238 e. The zero-order chi connectivity index (χ0) is 19.8. The summed E-state index contributed by atoms with van der Waals surface area (Å²) in [6, 6.07) is 8.53. The summed E-state index contributed by atoms with van der Waals surface area (Å²) in [5.74, 6) is -1.23. The fourth-order valence-electron chi connectivity index (χ4n) is 2.93. The predicted octanol–water partition coefficient (Wildman–Crippen LogP) is 0.916. The van der Waals surface area contributed by atoms with Crippen LogP contribution in [0, 0.1) is 0 Å². The molecule has 0 radical (unpaired) electrons. The van der Waals surface area contributed by atoms with Gasteiger partial charge in [0, 0.05) is 23.4 Å². The van der Waals surface area contributed by atoms with Crippen LogP contribution in [0.4, 0.5) is 5.69 Å². The minimum absolute atomic E-state index is 0.0180. The molecule has 27 heavy (non-hydrogen) atoms. The molecule has 3 rings (SSSR count). The van der Waals surface area contributed by atoms with Crippen molar-refractivity contribution in [1.29, 1.82) is 0 Å². The molecule has 0 amide bonds. The monoisotopic (exact) mass is 387 g/mol. The number of Topliss-reactive ketones (excluding diaryl/α,β-unsaturated/α-hetero) is 1. The lowest BCUT2D eigenvalue weighted by atomic mass is 9.92. The second kappa shape index (κ2) is 6.95. The number of nitrogens with one attached hydrogen (secondary N) is 1. The molecule has 9 heteroatoms. The first-order chi connectivity index (χ1) is 12.7. The molecule has 2 aromatic rings. The fourth-order valence-corrected chi connectivity index (χ4v) is 3.69. The Morgan fingerprint density at radius 2 is 1.85 bits per heavy atom. The average Bonchev–Trinajstić information content (AvgIpc) is 2.58. The van der Waals surface area contributed by atoms with Crippen molar-refractivity contribution < 1.29 is 23.1 Å². The maximum absolute atomic E-state index is 12.7. The molecule has 2 aromatic carbocycles. The summed E-state index contributed by atoms with van der Waals surface area (Å²) in [5.41, 5.74) is 6.34. The van der Waals surface area contributed by atoms with Crippen molar-refractivity contribution >= 4 is 27.3 Å². The van der Waals surface area contributed by atoms with E-state index in [1.807, 2.05) is 0 Å². The van der Waals surface area contributed by atoms with Crippen LogP contribution in [0.1, 0.15) is 26.3 Å². The van der Waals surface area contributed by atoms with Gasteiger partial charge in [0.2, 0.25) is 15.8 Å². The maximum Gasteiger partial charge on any atom is 0.238 e. The summed E-state index contributed by atoms with van der Waals surface area (Å²) in [4.78, 5) is 24.8. The Morgan fingerprint density at radius 3 is 2.52 bits per heavy atom. The third-order valence-electron chi connectivity index (χ3n) is 4.03. The van der Waals surface area contributed by atoms with Crippen molar-refractivity contribution in [3.8, 4) is 5.75 Å². The highest BCUT2D eigenvalue weighted by Gasteiger charge is 2.31. The molecule has 0 aliphatic heterocycles. The van der Waals surface area contributed by atoms with Crippen LogP contribution in [-0.2, 0) is 16.4 Å². The number of aromatic hydroxyl groups is 1. The molecule has 0 spiro atoms. The van der Waals surface area contributed by atoms with Gasteiger partial charge in [-0.2, -0.15) is 0 Å². The minimum Gasteiger partial charge on any atom is -0.508 e. The van der Waals surface area contributed by atoms with Gasteiger partial charge in [0.1, 0.15) is 5.75 Å². The third kappa shape index (κ3) is 3.75. The van der Waals surface area contributed by atoms with Gasteiger partial charge in [0.25, 0.3) is 0 Å². The SMILES string of the molecule is NCCc1cc(O)cc(NC2=CC(=O)c3c(cccc3S(N)(=O)=O)C2=O)c1. The molecule has 0 atom stereocenters. The van der Waals surface area contributed by atoms with Gasteiger partial charge in [0.05, 0.1) is 16.2 Å². The number of ketones is 2. The summed E-state index contributed by atoms with van der Waals surface area (Å²) in [7, 11) is -4.16. The molecular formula is C18H17N3O5S. The molecule has 8 nitrogen and oxygen atoms in total. The van der Waals surface area contributed by atoms with E-state index < -0.39 is 26.5 Å². The molecule has 0 unspecified atom stereocenters. The number of benzene rings is 2. The first-order valence-electron chi connectivity index (χ1n) is 7.97. The number of carbonyl (C=O) groups is 2. The van der Waals surface area contributed by atoms with E-state index in [0.29, 0.717) is 18.7 Å². The van der Waals surface area contributed by atoms with Crippen LogP contribution in [0.25, 0.3) is 0 Å². The van der Waals surface area contributed by atoms with E-state index in [2.05, 4.69) is 5.32 Å². The van der Waals surface area contributed by atoms with Crippen molar-refractivity contribution in [3.05, 3.63) is 64.9 Å². The number of rotatable bonds is 5. The summed E-state index contributed by atoms with van der Waals surface area (Å²) < 4.78 is 23.4. The number of nitrogens with two attached hydrogens (primary N) is 2. The van der Waals surface area contributed by atoms with E-state index in [-0.39, 0.29) is 22.6 Å². The second-order valence-corrected chi connectivity index (χ2v) is 7.56. The quantitative estimate of drug-likeness (QED) is 0.595. The lowest BCUT2D eigenvalue weighted by molar-refractivity contribution is 0.0983. The zero-order valence-corrected chi connectivity index (χ0v) is 14.9. The van der Waals surface area contributed by atoms with Crippen LogP contribution in [0.2, 0.25) is 0 Å². The first kappa shape index (κ1) is 18.8. The van der Waals surface area contributed by atoms with Crippen molar-refractivity contribution in [3.63, 3.8) is 0 Å². The van der Waals surface area contributed by atoms with Crippen molar-refractivity contribution in [2.24, 2.45) is 10.9 Å². The molecule has 1 aliphatic carbocycles. The van der Waals surface area contributed by atoms with Crippen molar-refractivity contribution in [2.75, 3.05) is 11.9 Å². The van der Waals surface area contributed by atoms with Crippen LogP contribution >= 0.6 is 0 Å². The number of carbonyl (C=O) groups excluding carboxylic acids is 2. The van der Waals surface area contributed by atoms with Crippen molar-refractivity contribution in [2.45, 2.75) is 11.3 Å². The van der Waals surface area contributed by atoms with Crippen LogP contribution in [0.15, 0.2) is 53.1 Å². The highest BCUT2D eigenvalue weighted by Crippen LogP contribution is 2.28. The molecule has 6 N–H and O–H groups in total. The predicted molar refractivity (Wildman–Crippen MR) is 99.0 cm³/mol. The minimum atomic E-state index is -4.16. The van der Waals surface area contributed by atoms with Gasteiger partial charge in [0.15, 0.2) is 5.78 Å². The third-order valence-corrected chi connectivity index (χ3v) is 4.99. The molecule has 0 fully saturated rings. The average molecular weight is 387 g/mol. The Labute approximate surface area is 155 Å². The van der Waals surface area contributed by atoms with Gasteiger partial charge < -0.3 is 16.2 Å². The number of hydrogen-bond donors (Lipinski definition) is 4. The topological polar surface area (TPSA) is 153 Å². The summed E-state index contributed by atoms with van der Waals surface area (Å²) in [6.07, 6.45) is 1.54. The Hall–Kier alpha value is -3.01.